The molecule has 2 heterocycles. The number of aliphatic hydroxyl groups is 2. The highest BCUT2D eigenvalue weighted by Crippen LogP contribution is 2.27. The van der Waals surface area contributed by atoms with Crippen LogP contribution < -0.4 is 4.90 Å². The number of fused-ring (bicyclic) bond motifs is 1. The van der Waals surface area contributed by atoms with Crippen LogP contribution in [0.2, 0.25) is 0 Å². The fourth-order valence-electron chi connectivity index (χ4n) is 2.42. The van der Waals surface area contributed by atoms with Crippen LogP contribution >= 0.6 is 0 Å². The first kappa shape index (κ1) is 14.8. The van der Waals surface area contributed by atoms with Gasteiger partial charge in [0.2, 0.25) is 6.35 Å². The molecular weight excluding hydrogens is 260 g/mol. The van der Waals surface area contributed by atoms with Crippen molar-refractivity contribution in [1.82, 2.24) is 14.5 Å². The molecule has 0 saturated carbocycles. The minimum Gasteiger partial charge on any atom is -0.393 e. The molecular formula is C13H22N4O3. The van der Waals surface area contributed by atoms with E-state index in [1.165, 1.54) is 4.90 Å². The van der Waals surface area contributed by atoms with Gasteiger partial charge < -0.3 is 19.7 Å². The molecule has 1 aliphatic heterocycles. The van der Waals surface area contributed by atoms with Gasteiger partial charge in [0, 0.05) is 20.6 Å². The average Bonchev–Trinajstić information content (AvgIpc) is 2.77. The molecule has 1 aliphatic rings. The van der Waals surface area contributed by atoms with Crippen molar-refractivity contribution < 1.29 is 15.0 Å². The largest absolute Gasteiger partial charge is 0.393 e. The topological polar surface area (TPSA) is 81.8 Å². The number of imidazole rings is 1. The third-order valence-corrected chi connectivity index (χ3v) is 3.61. The van der Waals surface area contributed by atoms with Crippen molar-refractivity contribution in [3.05, 3.63) is 12.0 Å². The lowest BCUT2D eigenvalue weighted by Crippen LogP contribution is -2.54. The van der Waals surface area contributed by atoms with Gasteiger partial charge >= 0.3 is 0 Å². The van der Waals surface area contributed by atoms with E-state index in [9.17, 15) is 15.0 Å². The van der Waals surface area contributed by atoms with Crippen molar-refractivity contribution in [3.8, 4) is 0 Å². The molecule has 2 atom stereocenters. The van der Waals surface area contributed by atoms with E-state index in [2.05, 4.69) is 4.98 Å². The van der Waals surface area contributed by atoms with Gasteiger partial charge in [-0.2, -0.15) is 0 Å². The number of carbonyl (C=O) groups excluding carboxylic acids is 1. The first-order valence-corrected chi connectivity index (χ1v) is 6.84. The molecule has 2 N–H and O–H groups in total. The molecule has 0 saturated heterocycles. The van der Waals surface area contributed by atoms with E-state index in [1.807, 2.05) is 0 Å². The van der Waals surface area contributed by atoms with Crippen LogP contribution in [-0.4, -0.2) is 56.6 Å². The standard InChI is InChI=1S/C13H22N4O3/c1-9(18)6-4-5-7-17-12(19)10-11(14-8-15(10)2)16(3)13(17)20/h8-9,13,18,20H,4-7H2,1-3H3/t9-,13?/m1/s1. The Kier molecular flexibility index (Phi) is 4.29. The minimum atomic E-state index is -0.989. The summed E-state index contributed by atoms with van der Waals surface area (Å²) >= 11 is 0. The number of carbonyl (C=O) groups is 1. The van der Waals surface area contributed by atoms with Gasteiger partial charge in [-0.3, -0.25) is 9.69 Å². The Labute approximate surface area is 118 Å². The molecule has 1 amide bonds. The second-order valence-corrected chi connectivity index (χ2v) is 5.33. The summed E-state index contributed by atoms with van der Waals surface area (Å²) in [5, 5.41) is 19.4. The SMILES string of the molecule is C[C@@H](O)CCCCN1C(=O)c2c(ncn2C)N(C)C1O. The Hall–Kier alpha value is -1.60. The van der Waals surface area contributed by atoms with Gasteiger partial charge in [-0.25, -0.2) is 4.98 Å². The van der Waals surface area contributed by atoms with Gasteiger partial charge in [0.25, 0.3) is 5.91 Å². The average molecular weight is 282 g/mol. The molecule has 1 unspecified atom stereocenters. The highest BCUT2D eigenvalue weighted by Gasteiger charge is 2.37. The summed E-state index contributed by atoms with van der Waals surface area (Å²) < 4.78 is 1.67. The molecule has 0 aliphatic carbocycles. The maximum atomic E-state index is 12.4. The highest BCUT2D eigenvalue weighted by molar-refractivity contribution is 5.99. The predicted molar refractivity (Wildman–Crippen MR) is 74.2 cm³/mol. The number of unbranched alkanes of at least 4 members (excludes halogenated alkanes) is 1. The van der Waals surface area contributed by atoms with E-state index >= 15 is 0 Å². The summed E-state index contributed by atoms with van der Waals surface area (Å²) in [7, 11) is 3.48. The van der Waals surface area contributed by atoms with Crippen LogP contribution in [0.25, 0.3) is 0 Å². The Morgan fingerprint density at radius 2 is 2.10 bits per heavy atom. The van der Waals surface area contributed by atoms with Crippen molar-refractivity contribution in [2.24, 2.45) is 7.05 Å². The molecule has 1 aromatic rings. The quantitative estimate of drug-likeness (QED) is 0.751. The zero-order valence-corrected chi connectivity index (χ0v) is 12.2. The second kappa shape index (κ2) is 5.80. The first-order valence-electron chi connectivity index (χ1n) is 6.84. The Balaban J connectivity index is 2.07. The van der Waals surface area contributed by atoms with Crippen molar-refractivity contribution >= 4 is 11.7 Å². The predicted octanol–water partition coefficient (Wildman–Crippen LogP) is 0.139. The molecule has 20 heavy (non-hydrogen) atoms. The van der Waals surface area contributed by atoms with Gasteiger partial charge in [-0.1, -0.05) is 0 Å². The lowest BCUT2D eigenvalue weighted by atomic mass is 10.1. The summed E-state index contributed by atoms with van der Waals surface area (Å²) in [6, 6.07) is 0. The Morgan fingerprint density at radius 3 is 2.75 bits per heavy atom. The van der Waals surface area contributed by atoms with Gasteiger partial charge in [0.1, 0.15) is 0 Å². The maximum Gasteiger partial charge on any atom is 0.277 e. The molecule has 0 aromatic carbocycles. The third kappa shape index (κ3) is 2.64. The Morgan fingerprint density at radius 1 is 1.40 bits per heavy atom. The minimum absolute atomic E-state index is 0.206. The molecule has 7 heteroatoms. The smallest absolute Gasteiger partial charge is 0.277 e. The molecule has 0 bridgehead atoms. The monoisotopic (exact) mass is 282 g/mol. The van der Waals surface area contributed by atoms with E-state index < -0.39 is 6.35 Å². The lowest BCUT2D eigenvalue weighted by molar-refractivity contribution is 0.00226. The number of nitrogens with zero attached hydrogens (tertiary/aromatic N) is 4. The number of hydrogen-bond donors (Lipinski definition) is 2. The van der Waals surface area contributed by atoms with Gasteiger partial charge in [0.15, 0.2) is 11.5 Å². The van der Waals surface area contributed by atoms with Crippen molar-refractivity contribution in [3.63, 3.8) is 0 Å². The number of aryl methyl sites for hydroxylation is 1. The fraction of sp³-hybridized carbons (Fsp3) is 0.692. The first-order chi connectivity index (χ1) is 9.43. The number of hydrogen-bond acceptors (Lipinski definition) is 5. The van der Waals surface area contributed by atoms with Crippen molar-refractivity contribution in [1.29, 1.82) is 0 Å². The number of rotatable bonds is 5. The summed E-state index contributed by atoms with van der Waals surface area (Å²) in [6.07, 6.45) is 2.51. The van der Waals surface area contributed by atoms with E-state index in [1.54, 1.807) is 36.8 Å². The van der Waals surface area contributed by atoms with Crippen LogP contribution in [0.1, 0.15) is 36.7 Å². The molecule has 112 valence electrons. The number of aromatic nitrogens is 2. The zero-order valence-electron chi connectivity index (χ0n) is 12.2. The van der Waals surface area contributed by atoms with Gasteiger partial charge in [-0.15, -0.1) is 0 Å². The van der Waals surface area contributed by atoms with E-state index in [0.717, 1.165) is 12.8 Å². The number of aliphatic hydroxyl groups excluding tert-OH is 2. The highest BCUT2D eigenvalue weighted by atomic mass is 16.3. The van der Waals surface area contributed by atoms with Crippen molar-refractivity contribution in [2.75, 3.05) is 18.5 Å². The number of amides is 1. The zero-order chi connectivity index (χ0) is 14.9. The summed E-state index contributed by atoms with van der Waals surface area (Å²) in [6.45, 7) is 2.21. The van der Waals surface area contributed by atoms with Crippen LogP contribution in [0.3, 0.4) is 0 Å². The van der Waals surface area contributed by atoms with Crippen LogP contribution in [0.15, 0.2) is 6.33 Å². The maximum absolute atomic E-state index is 12.4. The summed E-state index contributed by atoms with van der Waals surface area (Å²) in [5.74, 6) is 0.299. The van der Waals surface area contributed by atoms with E-state index in [-0.39, 0.29) is 12.0 Å². The van der Waals surface area contributed by atoms with Crippen LogP contribution in [0, 0.1) is 0 Å². The van der Waals surface area contributed by atoms with Crippen LogP contribution in [0.5, 0.6) is 0 Å². The molecule has 2 rings (SSSR count). The number of anilines is 1. The van der Waals surface area contributed by atoms with Gasteiger partial charge in [-0.05, 0) is 26.2 Å². The lowest BCUT2D eigenvalue weighted by Gasteiger charge is -2.38. The van der Waals surface area contributed by atoms with E-state index in [4.69, 9.17) is 0 Å². The summed E-state index contributed by atoms with van der Waals surface area (Å²) in [5.41, 5.74) is 0.494. The third-order valence-electron chi connectivity index (χ3n) is 3.61. The fourth-order valence-corrected chi connectivity index (χ4v) is 2.42. The summed E-state index contributed by atoms with van der Waals surface area (Å²) in [4.78, 5) is 19.6. The normalized spacial score (nSPS) is 20.2. The molecule has 1 aromatic heterocycles. The molecule has 0 spiro atoms. The van der Waals surface area contributed by atoms with E-state index in [0.29, 0.717) is 24.5 Å². The van der Waals surface area contributed by atoms with Crippen molar-refractivity contribution in [2.45, 2.75) is 38.6 Å². The molecule has 0 fully saturated rings. The van der Waals surface area contributed by atoms with Crippen LogP contribution in [0.4, 0.5) is 5.82 Å². The van der Waals surface area contributed by atoms with Gasteiger partial charge in [0.05, 0.1) is 12.4 Å². The molecule has 7 nitrogen and oxygen atoms in total. The Bertz CT molecular complexity index is 486. The molecule has 0 radical (unpaired) electrons. The van der Waals surface area contributed by atoms with Crippen LogP contribution in [-0.2, 0) is 7.05 Å². The second-order valence-electron chi connectivity index (χ2n) is 5.33.